The molecule has 0 saturated carbocycles. The Bertz CT molecular complexity index is 1140. The Kier molecular flexibility index (Phi) is 34.1. The second kappa shape index (κ2) is 36.3. The fourth-order valence-electron chi connectivity index (χ4n) is 7.34. The van der Waals surface area contributed by atoms with Gasteiger partial charge in [-0.2, -0.15) is 8.42 Å². The van der Waals surface area contributed by atoms with Gasteiger partial charge in [-0.15, -0.1) is 0 Å². The molecule has 58 heavy (non-hydrogen) atoms. The van der Waals surface area contributed by atoms with Crippen LogP contribution in [-0.2, 0) is 28.9 Å². The third-order valence-corrected chi connectivity index (χ3v) is 11.4. The number of carbonyl (C=O) groups excluding carboxylic acids is 1. The minimum Gasteiger partial charge on any atom is -0.394 e. The number of hydrogen-bond donors (Lipinski definition) is 6. The quantitative estimate of drug-likeness (QED) is 0.0197. The highest BCUT2D eigenvalue weighted by Gasteiger charge is 2.48. The van der Waals surface area contributed by atoms with E-state index in [4.69, 9.17) is 14.0 Å². The molecule has 1 heterocycles. The standard InChI is InChI=1S/C45H85NO11S/c1-3-5-7-9-11-13-14-15-16-17-18-19-20-21-22-23-24-25-27-28-30-32-34-39(48)38(46-41(49)35-33-31-29-26-12-10-8-6-4-2)37-55-45-43(51)44(57-58(52,53)54)42(50)40(36-47)56-45/h26,29,32,34,38-40,42-45,47-48,50-51H,3-25,27-28,30-31,33,35-37H2,1-2H3,(H,46,49)(H,52,53,54)/b29-26-,34-32+. The molecule has 7 atom stereocenters. The molecule has 13 heteroatoms. The molecule has 1 amide bonds. The van der Waals surface area contributed by atoms with Crippen LogP contribution < -0.4 is 5.32 Å². The van der Waals surface area contributed by atoms with E-state index in [1.54, 1.807) is 6.08 Å². The average Bonchev–Trinajstić information content (AvgIpc) is 3.19. The van der Waals surface area contributed by atoms with Crippen LogP contribution >= 0.6 is 0 Å². The Labute approximate surface area is 352 Å². The predicted octanol–water partition coefficient (Wildman–Crippen LogP) is 8.94. The number of amides is 1. The Hall–Kier alpha value is -1.42. The molecule has 342 valence electrons. The predicted molar refractivity (Wildman–Crippen MR) is 232 cm³/mol. The summed E-state index contributed by atoms with van der Waals surface area (Å²) in [5.74, 6) is -0.298. The van der Waals surface area contributed by atoms with Crippen LogP contribution in [0.1, 0.15) is 200 Å². The largest absolute Gasteiger partial charge is 0.397 e. The van der Waals surface area contributed by atoms with Crippen molar-refractivity contribution < 1.29 is 51.8 Å². The van der Waals surface area contributed by atoms with E-state index in [-0.39, 0.29) is 18.9 Å². The number of hydrogen-bond acceptors (Lipinski definition) is 10. The number of rotatable bonds is 39. The van der Waals surface area contributed by atoms with Crippen LogP contribution in [-0.4, -0.2) is 95.4 Å². The van der Waals surface area contributed by atoms with Gasteiger partial charge >= 0.3 is 10.4 Å². The van der Waals surface area contributed by atoms with E-state index in [0.29, 0.717) is 6.42 Å². The van der Waals surface area contributed by atoms with E-state index < -0.39 is 59.9 Å². The van der Waals surface area contributed by atoms with Crippen LogP contribution in [0.25, 0.3) is 0 Å². The zero-order chi connectivity index (χ0) is 42.7. The van der Waals surface area contributed by atoms with E-state index in [9.17, 15) is 33.6 Å². The van der Waals surface area contributed by atoms with Crippen molar-refractivity contribution >= 4 is 16.3 Å². The smallest absolute Gasteiger partial charge is 0.394 e. The van der Waals surface area contributed by atoms with Gasteiger partial charge in [-0.05, 0) is 38.5 Å². The Morgan fingerprint density at radius 1 is 0.672 bits per heavy atom. The summed E-state index contributed by atoms with van der Waals surface area (Å²) in [5.41, 5.74) is 0. The maximum atomic E-state index is 12.9. The highest BCUT2D eigenvalue weighted by atomic mass is 32.3. The zero-order valence-corrected chi connectivity index (χ0v) is 37.2. The summed E-state index contributed by atoms with van der Waals surface area (Å²) in [5, 5.41) is 44.6. The SMILES string of the molecule is CCCCCC/C=C\CCCC(=O)NC(COC1OC(CO)C(O)C(OS(=O)(=O)O)C1O)C(O)/C=C/CCCCCCCCCCCCCCCCCCCCCC. The maximum absolute atomic E-state index is 12.9. The molecule has 7 unspecified atom stereocenters. The van der Waals surface area contributed by atoms with Crippen molar-refractivity contribution in [2.75, 3.05) is 13.2 Å². The van der Waals surface area contributed by atoms with E-state index in [0.717, 1.165) is 38.5 Å². The minimum atomic E-state index is -5.08. The number of carbonyl (C=O) groups is 1. The summed E-state index contributed by atoms with van der Waals surface area (Å²) >= 11 is 0. The van der Waals surface area contributed by atoms with Gasteiger partial charge in [-0.25, -0.2) is 4.18 Å². The van der Waals surface area contributed by atoms with Crippen molar-refractivity contribution in [2.45, 2.75) is 243 Å². The van der Waals surface area contributed by atoms with Crippen LogP contribution in [0, 0.1) is 0 Å². The molecule has 0 spiro atoms. The summed E-state index contributed by atoms with van der Waals surface area (Å²) in [6.07, 6.45) is 32.5. The van der Waals surface area contributed by atoms with Crippen molar-refractivity contribution in [3.05, 3.63) is 24.3 Å². The number of unbranched alkanes of at least 4 members (excludes halogenated alkanes) is 25. The summed E-state index contributed by atoms with van der Waals surface area (Å²) < 4.78 is 47.5. The number of nitrogens with one attached hydrogen (secondary N) is 1. The lowest BCUT2D eigenvalue weighted by molar-refractivity contribution is -0.298. The van der Waals surface area contributed by atoms with Crippen LogP contribution in [0.5, 0.6) is 0 Å². The monoisotopic (exact) mass is 848 g/mol. The molecule has 1 aliphatic rings. The summed E-state index contributed by atoms with van der Waals surface area (Å²) in [7, 11) is -5.08. The molecule has 12 nitrogen and oxygen atoms in total. The van der Waals surface area contributed by atoms with E-state index in [1.807, 2.05) is 6.08 Å². The Morgan fingerprint density at radius 3 is 1.57 bits per heavy atom. The summed E-state index contributed by atoms with van der Waals surface area (Å²) in [6, 6.07) is -0.955. The van der Waals surface area contributed by atoms with Gasteiger partial charge in [0, 0.05) is 6.42 Å². The fourth-order valence-corrected chi connectivity index (χ4v) is 7.85. The molecule has 1 saturated heterocycles. The van der Waals surface area contributed by atoms with Crippen LogP contribution in [0.3, 0.4) is 0 Å². The zero-order valence-electron chi connectivity index (χ0n) is 36.4. The van der Waals surface area contributed by atoms with Gasteiger partial charge in [-0.3, -0.25) is 9.35 Å². The van der Waals surface area contributed by atoms with Gasteiger partial charge in [0.2, 0.25) is 5.91 Å². The number of aliphatic hydroxyl groups is 4. The van der Waals surface area contributed by atoms with Crippen molar-refractivity contribution in [2.24, 2.45) is 0 Å². The first kappa shape index (κ1) is 54.6. The lowest BCUT2D eigenvalue weighted by Crippen LogP contribution is -2.61. The van der Waals surface area contributed by atoms with Crippen molar-refractivity contribution in [3.63, 3.8) is 0 Å². The topological polar surface area (TPSA) is 192 Å². The molecular formula is C45H85NO11S. The van der Waals surface area contributed by atoms with Gasteiger partial charge in [-0.1, -0.05) is 179 Å². The average molecular weight is 848 g/mol. The first-order valence-corrected chi connectivity index (χ1v) is 24.6. The molecule has 1 rings (SSSR count). The molecule has 0 bridgehead atoms. The second-order valence-corrected chi connectivity index (χ2v) is 17.4. The van der Waals surface area contributed by atoms with Gasteiger partial charge < -0.3 is 35.2 Å². The fraction of sp³-hybridized carbons (Fsp3) is 0.889. The van der Waals surface area contributed by atoms with Gasteiger partial charge in [0.25, 0.3) is 0 Å². The number of ether oxygens (including phenoxy) is 2. The first-order valence-electron chi connectivity index (χ1n) is 23.2. The first-order chi connectivity index (χ1) is 28.0. The molecule has 1 fully saturated rings. The van der Waals surface area contributed by atoms with Gasteiger partial charge in [0.05, 0.1) is 25.4 Å². The molecule has 0 radical (unpaired) electrons. The summed E-state index contributed by atoms with van der Waals surface area (Å²) in [6.45, 7) is 3.33. The lowest BCUT2D eigenvalue weighted by atomic mass is 9.99. The molecule has 0 aromatic heterocycles. The van der Waals surface area contributed by atoms with Crippen LogP contribution in [0.4, 0.5) is 0 Å². The van der Waals surface area contributed by atoms with Gasteiger partial charge in [0.15, 0.2) is 6.29 Å². The van der Waals surface area contributed by atoms with E-state index in [1.165, 1.54) is 135 Å². The third-order valence-electron chi connectivity index (χ3n) is 11.0. The highest BCUT2D eigenvalue weighted by molar-refractivity contribution is 7.80. The molecule has 0 aliphatic carbocycles. The second-order valence-electron chi connectivity index (χ2n) is 16.3. The van der Waals surface area contributed by atoms with Gasteiger partial charge in [0.1, 0.15) is 24.4 Å². The highest BCUT2D eigenvalue weighted by Crippen LogP contribution is 2.26. The van der Waals surface area contributed by atoms with Crippen LogP contribution in [0.15, 0.2) is 24.3 Å². The molecular weight excluding hydrogens is 763 g/mol. The Balaban J connectivity index is 2.45. The summed E-state index contributed by atoms with van der Waals surface area (Å²) in [4.78, 5) is 12.9. The molecule has 0 aromatic carbocycles. The van der Waals surface area contributed by atoms with Crippen molar-refractivity contribution in [3.8, 4) is 0 Å². The normalized spacial score (nSPS) is 21.3. The third kappa shape index (κ3) is 28.9. The molecule has 0 aromatic rings. The molecule has 6 N–H and O–H groups in total. The van der Waals surface area contributed by atoms with Crippen molar-refractivity contribution in [1.29, 1.82) is 0 Å². The molecule has 1 aliphatic heterocycles. The lowest BCUT2D eigenvalue weighted by Gasteiger charge is -2.41. The van der Waals surface area contributed by atoms with Crippen molar-refractivity contribution in [1.82, 2.24) is 5.32 Å². The number of allylic oxidation sites excluding steroid dienone is 3. The minimum absolute atomic E-state index is 0.220. The number of aliphatic hydroxyl groups excluding tert-OH is 4. The Morgan fingerprint density at radius 2 is 1.10 bits per heavy atom. The van der Waals surface area contributed by atoms with Crippen LogP contribution in [0.2, 0.25) is 0 Å². The van der Waals surface area contributed by atoms with E-state index in [2.05, 4.69) is 35.5 Å². The maximum Gasteiger partial charge on any atom is 0.397 e. The van der Waals surface area contributed by atoms with E-state index >= 15 is 0 Å².